The van der Waals surface area contributed by atoms with Crippen LogP contribution >= 0.6 is 0 Å². The van der Waals surface area contributed by atoms with Crippen LogP contribution in [0.2, 0.25) is 0 Å². The first-order chi connectivity index (χ1) is 20.7. The van der Waals surface area contributed by atoms with Crippen LogP contribution in [-0.2, 0) is 37.1 Å². The molecule has 1 spiro atoms. The van der Waals surface area contributed by atoms with Gasteiger partial charge in [-0.1, -0.05) is 19.1 Å². The van der Waals surface area contributed by atoms with Gasteiger partial charge in [-0.3, -0.25) is 0 Å². The summed E-state index contributed by atoms with van der Waals surface area (Å²) in [5, 5.41) is 9.38. The lowest BCUT2D eigenvalue weighted by molar-refractivity contribution is -0.577. The molecule has 3 aromatic rings. The van der Waals surface area contributed by atoms with E-state index in [-0.39, 0.29) is 30.5 Å². The molecule has 43 heavy (non-hydrogen) atoms. The van der Waals surface area contributed by atoms with Gasteiger partial charge in [-0.25, -0.2) is 19.3 Å². The summed E-state index contributed by atoms with van der Waals surface area (Å²) in [7, 11) is 0. The van der Waals surface area contributed by atoms with Crippen molar-refractivity contribution >= 4 is 11.0 Å². The summed E-state index contributed by atoms with van der Waals surface area (Å²) in [6.07, 6.45) is 6.49. The average Bonchev–Trinajstić information content (AvgIpc) is 3.33. The second-order valence-corrected chi connectivity index (χ2v) is 13.1. The van der Waals surface area contributed by atoms with E-state index in [0.717, 1.165) is 48.7 Å². The molecular formula is C32H41N3O8. The quantitative estimate of drug-likeness (QED) is 0.196. The highest BCUT2D eigenvalue weighted by Gasteiger charge is 2.69. The zero-order valence-electron chi connectivity index (χ0n) is 25.5. The smallest absolute Gasteiger partial charge is 0.339 e. The van der Waals surface area contributed by atoms with Crippen LogP contribution in [0.3, 0.4) is 0 Å². The lowest BCUT2D eigenvalue weighted by atomic mass is 9.58. The van der Waals surface area contributed by atoms with Gasteiger partial charge in [-0.2, -0.15) is 0 Å². The number of ether oxygens (including phenoxy) is 4. The fourth-order valence-corrected chi connectivity index (χ4v) is 7.69. The molecule has 5 aliphatic rings. The first-order valence-electron chi connectivity index (χ1n) is 15.5. The third-order valence-corrected chi connectivity index (χ3v) is 10.3. The SMILES string of the molecule is Cc1c(C)c2ccc(OCn3cc(CCCO[C@H]4O[C@@H]5O[C@@]6(C)CC[C@H]7[C@H](C)CC[C@@H]([C@H]4C)[C@@]57OO6)nn3)cc2oc1=O. The number of fused-ring (bicyclic) bond motifs is 3. The second kappa shape index (κ2) is 11.0. The molecule has 4 aliphatic heterocycles. The third-order valence-electron chi connectivity index (χ3n) is 10.3. The maximum absolute atomic E-state index is 12.1. The largest absolute Gasteiger partial charge is 0.471 e. The molecule has 4 saturated heterocycles. The molecule has 1 saturated carbocycles. The third kappa shape index (κ3) is 4.99. The molecule has 11 nitrogen and oxygen atoms in total. The average molecular weight is 596 g/mol. The van der Waals surface area contributed by atoms with Crippen LogP contribution in [0, 0.1) is 37.5 Å². The highest BCUT2D eigenvalue weighted by Crippen LogP contribution is 2.60. The van der Waals surface area contributed by atoms with Crippen LogP contribution in [0.1, 0.15) is 69.7 Å². The highest BCUT2D eigenvalue weighted by molar-refractivity contribution is 5.82. The second-order valence-electron chi connectivity index (χ2n) is 13.1. The fourth-order valence-electron chi connectivity index (χ4n) is 7.69. The van der Waals surface area contributed by atoms with Gasteiger partial charge in [0.2, 0.25) is 5.79 Å². The first-order valence-corrected chi connectivity index (χ1v) is 15.5. The predicted octanol–water partition coefficient (Wildman–Crippen LogP) is 5.20. The molecule has 0 N–H and O–H groups in total. The predicted molar refractivity (Wildman–Crippen MR) is 154 cm³/mol. The molecular weight excluding hydrogens is 554 g/mol. The molecule has 232 valence electrons. The Balaban J connectivity index is 0.929. The van der Waals surface area contributed by atoms with Crippen molar-refractivity contribution in [3.05, 3.63) is 51.6 Å². The lowest BCUT2D eigenvalue weighted by Crippen LogP contribution is -2.70. The first kappa shape index (κ1) is 28.9. The summed E-state index contributed by atoms with van der Waals surface area (Å²) in [6, 6.07) is 5.49. The van der Waals surface area contributed by atoms with E-state index in [0.29, 0.717) is 41.8 Å². The van der Waals surface area contributed by atoms with Crippen LogP contribution in [-0.4, -0.2) is 45.6 Å². The van der Waals surface area contributed by atoms with Gasteiger partial charge in [-0.15, -0.1) is 5.10 Å². The van der Waals surface area contributed by atoms with E-state index in [1.54, 1.807) is 17.7 Å². The van der Waals surface area contributed by atoms with Crippen LogP contribution in [0.5, 0.6) is 5.75 Å². The van der Waals surface area contributed by atoms with Crippen molar-refractivity contribution in [1.82, 2.24) is 15.0 Å². The van der Waals surface area contributed by atoms with Gasteiger partial charge in [0.25, 0.3) is 0 Å². The summed E-state index contributed by atoms with van der Waals surface area (Å²) in [4.78, 5) is 24.2. The standard InChI is InChI=1S/C32H41N3O8/c1-18-8-11-26-21(4)29(40-30-32(26)25(18)12-13-31(5,41-30)42-43-32)37-14-6-7-22-16-35(34-33-22)17-38-23-9-10-24-19(2)20(3)28(36)39-27(24)15-23/h9-10,15-16,18,21,25-26,29-30H,6-8,11-14,17H2,1-5H3/t18-,21-,25+,26+,29+,30-,31-,32-/m1/s1. The Morgan fingerprint density at radius 3 is 2.81 bits per heavy atom. The van der Waals surface area contributed by atoms with E-state index in [1.807, 2.05) is 32.2 Å². The number of nitrogens with zero attached hydrogens (tertiary/aromatic N) is 3. The molecule has 5 fully saturated rings. The Bertz CT molecular complexity index is 1560. The molecule has 2 aromatic heterocycles. The van der Waals surface area contributed by atoms with Gasteiger partial charge in [-0.05, 0) is 82.4 Å². The Hall–Kier alpha value is -2.83. The van der Waals surface area contributed by atoms with Crippen molar-refractivity contribution in [3.8, 4) is 5.75 Å². The molecule has 2 bridgehead atoms. The molecule has 0 radical (unpaired) electrons. The zero-order chi connectivity index (χ0) is 29.9. The highest BCUT2D eigenvalue weighted by atomic mass is 17.3. The van der Waals surface area contributed by atoms with Gasteiger partial charge in [0.1, 0.15) is 11.3 Å². The Labute approximate surface area is 250 Å². The van der Waals surface area contributed by atoms with E-state index < -0.39 is 17.7 Å². The lowest BCUT2D eigenvalue weighted by Gasteiger charge is -2.60. The minimum atomic E-state index is -0.791. The van der Waals surface area contributed by atoms with E-state index in [1.165, 1.54) is 0 Å². The van der Waals surface area contributed by atoms with Gasteiger partial charge >= 0.3 is 5.63 Å². The van der Waals surface area contributed by atoms with Crippen molar-refractivity contribution < 1.29 is 33.1 Å². The Morgan fingerprint density at radius 2 is 1.95 bits per heavy atom. The van der Waals surface area contributed by atoms with Gasteiger partial charge in [0, 0.05) is 35.3 Å². The summed E-state index contributed by atoms with van der Waals surface area (Å²) in [5.41, 5.74) is 1.98. The maximum atomic E-state index is 12.1. The van der Waals surface area contributed by atoms with E-state index in [4.69, 9.17) is 33.1 Å². The van der Waals surface area contributed by atoms with Crippen LogP contribution in [0.15, 0.2) is 33.6 Å². The maximum Gasteiger partial charge on any atom is 0.339 e. The summed E-state index contributed by atoms with van der Waals surface area (Å²) < 4.78 is 32.2. The minimum absolute atomic E-state index is 0.148. The minimum Gasteiger partial charge on any atom is -0.471 e. The van der Waals surface area contributed by atoms with E-state index >= 15 is 0 Å². The molecule has 8 rings (SSSR count). The number of aromatic nitrogens is 3. The molecule has 1 aromatic carbocycles. The molecule has 6 heterocycles. The Kier molecular flexibility index (Phi) is 7.37. The molecule has 1 aliphatic carbocycles. The number of hydrogen-bond acceptors (Lipinski definition) is 10. The molecule has 0 amide bonds. The number of aryl methyl sites for hydroxylation is 2. The van der Waals surface area contributed by atoms with E-state index in [9.17, 15) is 4.79 Å². The molecule has 0 unspecified atom stereocenters. The van der Waals surface area contributed by atoms with Crippen molar-refractivity contribution in [2.75, 3.05) is 6.61 Å². The zero-order valence-corrected chi connectivity index (χ0v) is 25.5. The monoisotopic (exact) mass is 595 g/mol. The van der Waals surface area contributed by atoms with Crippen molar-refractivity contribution in [2.45, 2.75) is 104 Å². The van der Waals surface area contributed by atoms with Crippen LogP contribution in [0.4, 0.5) is 0 Å². The fraction of sp³-hybridized carbons (Fsp3) is 0.656. The van der Waals surface area contributed by atoms with Crippen LogP contribution in [0.25, 0.3) is 11.0 Å². The van der Waals surface area contributed by atoms with Crippen molar-refractivity contribution in [2.24, 2.45) is 23.7 Å². The summed E-state index contributed by atoms with van der Waals surface area (Å²) >= 11 is 0. The van der Waals surface area contributed by atoms with Crippen molar-refractivity contribution in [1.29, 1.82) is 0 Å². The Morgan fingerprint density at radius 1 is 1.09 bits per heavy atom. The number of hydrogen-bond donors (Lipinski definition) is 0. The molecule has 8 atom stereocenters. The summed E-state index contributed by atoms with van der Waals surface area (Å²) in [6.45, 7) is 10.9. The number of rotatable bonds is 8. The van der Waals surface area contributed by atoms with Crippen LogP contribution < -0.4 is 10.4 Å². The number of benzene rings is 1. The normalized spacial score (nSPS) is 35.1. The topological polar surface area (TPSA) is 116 Å². The van der Waals surface area contributed by atoms with Gasteiger partial charge in [0.05, 0.1) is 18.5 Å². The van der Waals surface area contributed by atoms with Crippen molar-refractivity contribution in [3.63, 3.8) is 0 Å². The summed E-state index contributed by atoms with van der Waals surface area (Å²) in [5.74, 6) is 1.05. The van der Waals surface area contributed by atoms with Gasteiger partial charge in [0.15, 0.2) is 24.9 Å². The van der Waals surface area contributed by atoms with E-state index in [2.05, 4.69) is 24.2 Å². The van der Waals surface area contributed by atoms with Gasteiger partial charge < -0.3 is 23.4 Å². The molecule has 11 heteroatoms.